The van der Waals surface area contributed by atoms with Gasteiger partial charge in [-0.2, -0.15) is 0 Å². The number of carbonyl (C=O) groups excluding carboxylic acids is 2. The van der Waals surface area contributed by atoms with E-state index in [0.717, 1.165) is 29.7 Å². The van der Waals surface area contributed by atoms with Gasteiger partial charge >= 0.3 is 6.03 Å². The van der Waals surface area contributed by atoms with Crippen LogP contribution in [-0.4, -0.2) is 46.7 Å². The molecule has 6 heteroatoms. The summed E-state index contributed by atoms with van der Waals surface area (Å²) in [6.07, 6.45) is 3.25. The molecule has 130 valence electrons. The van der Waals surface area contributed by atoms with Crippen molar-refractivity contribution in [2.75, 3.05) is 13.2 Å². The van der Waals surface area contributed by atoms with Crippen LogP contribution in [0.2, 0.25) is 0 Å². The molecule has 1 aliphatic heterocycles. The van der Waals surface area contributed by atoms with Crippen LogP contribution >= 0.6 is 0 Å². The molecule has 1 aromatic rings. The fraction of sp³-hybridized carbons (Fsp3) is 0.556. The lowest BCUT2D eigenvalue weighted by atomic mass is 9.98. The molecule has 0 aromatic heterocycles. The van der Waals surface area contributed by atoms with Gasteiger partial charge in [0, 0.05) is 0 Å². The summed E-state index contributed by atoms with van der Waals surface area (Å²) in [7, 11) is 0. The summed E-state index contributed by atoms with van der Waals surface area (Å²) in [6, 6.07) is 7.26. The van der Waals surface area contributed by atoms with E-state index in [1.165, 1.54) is 0 Å². The third-order valence-electron chi connectivity index (χ3n) is 4.85. The van der Waals surface area contributed by atoms with Crippen LogP contribution < -0.4 is 10.1 Å². The third-order valence-corrected chi connectivity index (χ3v) is 4.85. The van der Waals surface area contributed by atoms with E-state index in [2.05, 4.69) is 12.2 Å². The normalized spacial score (nSPS) is 20.5. The summed E-state index contributed by atoms with van der Waals surface area (Å²) in [5, 5.41) is 13.0. The Morgan fingerprint density at radius 2 is 2.08 bits per heavy atom. The van der Waals surface area contributed by atoms with E-state index in [9.17, 15) is 14.7 Å². The van der Waals surface area contributed by atoms with Crippen molar-refractivity contribution >= 4 is 11.9 Å². The van der Waals surface area contributed by atoms with Crippen LogP contribution in [0.1, 0.15) is 38.2 Å². The molecule has 0 radical (unpaired) electrons. The minimum atomic E-state index is -0.915. The highest BCUT2D eigenvalue weighted by Crippen LogP contribution is 2.35. The highest BCUT2D eigenvalue weighted by atomic mass is 16.5. The first-order valence-electron chi connectivity index (χ1n) is 8.58. The minimum Gasteiger partial charge on any atom is -0.491 e. The second kappa shape index (κ2) is 6.81. The van der Waals surface area contributed by atoms with Gasteiger partial charge in [0.25, 0.3) is 5.91 Å². The van der Waals surface area contributed by atoms with Crippen molar-refractivity contribution in [2.24, 2.45) is 0 Å². The summed E-state index contributed by atoms with van der Waals surface area (Å²) in [6.45, 7) is 2.06. The number of amides is 3. The van der Waals surface area contributed by atoms with Gasteiger partial charge in [0.05, 0.1) is 6.54 Å². The molecule has 2 N–H and O–H groups in total. The predicted molar refractivity (Wildman–Crippen MR) is 88.8 cm³/mol. The van der Waals surface area contributed by atoms with Crippen molar-refractivity contribution < 1.29 is 19.4 Å². The number of β-amino-alcohol motifs (C(OH)–C–C–N with tert-alkyl or cyclic N) is 1. The number of benzene rings is 1. The van der Waals surface area contributed by atoms with Gasteiger partial charge in [0.1, 0.15) is 24.0 Å². The number of imide groups is 1. The van der Waals surface area contributed by atoms with Gasteiger partial charge in [-0.05, 0) is 37.0 Å². The quantitative estimate of drug-likeness (QED) is 0.779. The summed E-state index contributed by atoms with van der Waals surface area (Å²) >= 11 is 0. The molecule has 1 aromatic carbocycles. The maximum atomic E-state index is 12.5. The Morgan fingerprint density at radius 1 is 1.33 bits per heavy atom. The average Bonchev–Trinajstić information content (AvgIpc) is 3.14. The standard InChI is InChI=1S/C18H24N2O4/c1-2-13-6-5-7-15(10-13)24-12-14(21)11-20-16(22)18(19-17(20)23)8-3-4-9-18/h5-7,10,14,21H,2-4,8-9,11-12H2,1H3,(H,19,23)/t14-/m1/s1. The number of ether oxygens (including phenoxy) is 1. The van der Waals surface area contributed by atoms with Crippen molar-refractivity contribution in [3.63, 3.8) is 0 Å². The van der Waals surface area contributed by atoms with E-state index in [1.807, 2.05) is 24.3 Å². The number of nitrogens with one attached hydrogen (secondary N) is 1. The first-order chi connectivity index (χ1) is 11.5. The van der Waals surface area contributed by atoms with Crippen LogP contribution in [0.25, 0.3) is 0 Å². The topological polar surface area (TPSA) is 78.9 Å². The molecule has 1 atom stereocenters. The molecular formula is C18H24N2O4. The summed E-state index contributed by atoms with van der Waals surface area (Å²) in [4.78, 5) is 25.7. The number of nitrogens with zero attached hydrogens (tertiary/aromatic N) is 1. The highest BCUT2D eigenvalue weighted by molar-refractivity contribution is 6.07. The van der Waals surface area contributed by atoms with Gasteiger partial charge in [0.15, 0.2) is 0 Å². The minimum absolute atomic E-state index is 0.0389. The molecule has 1 saturated heterocycles. The number of carbonyl (C=O) groups is 2. The summed E-state index contributed by atoms with van der Waals surface area (Å²) in [5.74, 6) is 0.467. The second-order valence-electron chi connectivity index (χ2n) is 6.60. The van der Waals surface area contributed by atoms with Crippen molar-refractivity contribution in [1.29, 1.82) is 0 Å². The molecule has 1 spiro atoms. The summed E-state index contributed by atoms with van der Waals surface area (Å²) in [5.41, 5.74) is 0.423. The number of aliphatic hydroxyl groups excluding tert-OH is 1. The largest absolute Gasteiger partial charge is 0.491 e. The maximum Gasteiger partial charge on any atom is 0.325 e. The van der Waals surface area contributed by atoms with Crippen LogP contribution in [0.4, 0.5) is 4.79 Å². The highest BCUT2D eigenvalue weighted by Gasteiger charge is 2.52. The Labute approximate surface area is 141 Å². The lowest BCUT2D eigenvalue weighted by Crippen LogP contribution is -2.45. The maximum absolute atomic E-state index is 12.5. The smallest absolute Gasteiger partial charge is 0.325 e. The molecule has 1 saturated carbocycles. The number of aliphatic hydroxyl groups is 1. The van der Waals surface area contributed by atoms with Crippen molar-refractivity contribution in [2.45, 2.75) is 50.7 Å². The fourth-order valence-electron chi connectivity index (χ4n) is 3.47. The number of aryl methyl sites for hydroxylation is 1. The van der Waals surface area contributed by atoms with Gasteiger partial charge in [-0.1, -0.05) is 31.9 Å². The van der Waals surface area contributed by atoms with Crippen LogP contribution in [0.5, 0.6) is 5.75 Å². The lowest BCUT2D eigenvalue weighted by molar-refractivity contribution is -0.132. The Kier molecular flexibility index (Phi) is 4.76. The molecule has 6 nitrogen and oxygen atoms in total. The van der Waals surface area contributed by atoms with Crippen molar-refractivity contribution in [1.82, 2.24) is 10.2 Å². The molecule has 0 unspecified atom stereocenters. The number of hydrogen-bond donors (Lipinski definition) is 2. The molecule has 2 aliphatic rings. The number of rotatable bonds is 6. The van der Waals surface area contributed by atoms with Gasteiger partial charge < -0.3 is 15.2 Å². The van der Waals surface area contributed by atoms with Crippen LogP contribution in [0, 0.1) is 0 Å². The van der Waals surface area contributed by atoms with E-state index >= 15 is 0 Å². The first kappa shape index (κ1) is 16.8. The lowest BCUT2D eigenvalue weighted by Gasteiger charge is -2.21. The Hall–Kier alpha value is -2.08. The molecule has 24 heavy (non-hydrogen) atoms. The third kappa shape index (κ3) is 3.24. The molecule has 3 amide bonds. The zero-order valence-corrected chi connectivity index (χ0v) is 14.0. The average molecular weight is 332 g/mol. The zero-order chi connectivity index (χ0) is 17.2. The molecule has 1 heterocycles. The molecule has 1 aliphatic carbocycles. The first-order valence-corrected chi connectivity index (χ1v) is 8.58. The van der Waals surface area contributed by atoms with E-state index in [1.54, 1.807) is 0 Å². The second-order valence-corrected chi connectivity index (χ2v) is 6.60. The van der Waals surface area contributed by atoms with E-state index in [4.69, 9.17) is 4.74 Å². The SMILES string of the molecule is CCc1cccc(OC[C@H](O)CN2C(=O)NC3(CCCC3)C2=O)c1. The predicted octanol–water partition coefficient (Wildman–Crippen LogP) is 1.85. The van der Waals surface area contributed by atoms with Crippen LogP contribution in [0.3, 0.4) is 0 Å². The van der Waals surface area contributed by atoms with Gasteiger partial charge in [-0.15, -0.1) is 0 Å². The number of urea groups is 1. The molecule has 2 fully saturated rings. The van der Waals surface area contributed by atoms with Gasteiger partial charge in [-0.25, -0.2) is 4.79 Å². The van der Waals surface area contributed by atoms with E-state index in [0.29, 0.717) is 18.6 Å². The van der Waals surface area contributed by atoms with Crippen molar-refractivity contribution in [3.05, 3.63) is 29.8 Å². The monoisotopic (exact) mass is 332 g/mol. The Morgan fingerprint density at radius 3 is 2.79 bits per heavy atom. The number of hydrogen-bond acceptors (Lipinski definition) is 4. The zero-order valence-electron chi connectivity index (χ0n) is 14.0. The Balaban J connectivity index is 1.55. The van der Waals surface area contributed by atoms with Gasteiger partial charge in [0.2, 0.25) is 0 Å². The fourth-order valence-corrected chi connectivity index (χ4v) is 3.47. The summed E-state index contributed by atoms with van der Waals surface area (Å²) < 4.78 is 5.59. The van der Waals surface area contributed by atoms with Crippen LogP contribution in [0.15, 0.2) is 24.3 Å². The molecule has 0 bridgehead atoms. The molecular weight excluding hydrogens is 308 g/mol. The molecule has 3 rings (SSSR count). The van der Waals surface area contributed by atoms with E-state index in [-0.39, 0.29) is 19.1 Å². The Bertz CT molecular complexity index is 625. The van der Waals surface area contributed by atoms with E-state index < -0.39 is 17.7 Å². The van der Waals surface area contributed by atoms with Crippen molar-refractivity contribution in [3.8, 4) is 5.75 Å². The van der Waals surface area contributed by atoms with Gasteiger partial charge in [-0.3, -0.25) is 9.69 Å². The van der Waals surface area contributed by atoms with Crippen LogP contribution in [-0.2, 0) is 11.2 Å².